The van der Waals surface area contributed by atoms with E-state index in [9.17, 15) is 9.90 Å². The Balaban J connectivity index is 2.29. The number of fused-ring (bicyclic) bond motifs is 2. The molecule has 2 heteroatoms. The van der Waals surface area contributed by atoms with Crippen LogP contribution in [0.5, 0.6) is 5.75 Å². The zero-order valence-corrected chi connectivity index (χ0v) is 10.4. The molecule has 3 rings (SSSR count). The Morgan fingerprint density at radius 2 is 1.83 bits per heavy atom. The highest BCUT2D eigenvalue weighted by molar-refractivity contribution is 6.13. The van der Waals surface area contributed by atoms with Crippen LogP contribution in [-0.4, -0.2) is 10.9 Å². The standard InChI is InChI=1S/C16H14O2/c1-9-6-10(2)12-8-13-11(4-3-5-15(13)17)16(18)14(12)7-9/h3-7,17H,8H2,1-2H3. The van der Waals surface area contributed by atoms with Gasteiger partial charge < -0.3 is 5.11 Å². The van der Waals surface area contributed by atoms with E-state index < -0.39 is 0 Å². The first-order valence-electron chi connectivity index (χ1n) is 6.03. The van der Waals surface area contributed by atoms with Crippen molar-refractivity contribution in [2.45, 2.75) is 20.3 Å². The smallest absolute Gasteiger partial charge is 0.193 e. The van der Waals surface area contributed by atoms with Gasteiger partial charge in [0.2, 0.25) is 0 Å². The monoisotopic (exact) mass is 238 g/mol. The fraction of sp³-hybridized carbons (Fsp3) is 0.188. The first-order valence-corrected chi connectivity index (χ1v) is 6.03. The van der Waals surface area contributed by atoms with Gasteiger partial charge >= 0.3 is 0 Å². The molecule has 0 spiro atoms. The van der Waals surface area contributed by atoms with E-state index in [1.54, 1.807) is 18.2 Å². The average Bonchev–Trinajstić information content (AvgIpc) is 2.32. The van der Waals surface area contributed by atoms with Crippen molar-refractivity contribution < 1.29 is 9.90 Å². The van der Waals surface area contributed by atoms with Crippen LogP contribution in [0.3, 0.4) is 0 Å². The van der Waals surface area contributed by atoms with Crippen molar-refractivity contribution in [1.29, 1.82) is 0 Å². The third-order valence-electron chi connectivity index (χ3n) is 3.61. The molecule has 0 fully saturated rings. The molecule has 1 N–H and O–H groups in total. The summed E-state index contributed by atoms with van der Waals surface area (Å²) in [5.74, 6) is 0.237. The van der Waals surface area contributed by atoms with Gasteiger partial charge in [0.15, 0.2) is 5.78 Å². The molecule has 18 heavy (non-hydrogen) atoms. The zero-order valence-electron chi connectivity index (χ0n) is 10.4. The van der Waals surface area contributed by atoms with Gasteiger partial charge in [-0.3, -0.25) is 4.79 Å². The molecular formula is C16H14O2. The van der Waals surface area contributed by atoms with Crippen LogP contribution in [0, 0.1) is 13.8 Å². The Morgan fingerprint density at radius 3 is 2.61 bits per heavy atom. The number of carbonyl (C=O) groups is 1. The molecule has 0 bridgehead atoms. The van der Waals surface area contributed by atoms with Crippen LogP contribution in [0.15, 0.2) is 30.3 Å². The first-order chi connectivity index (χ1) is 8.58. The number of aromatic hydroxyl groups is 1. The molecule has 1 aliphatic rings. The largest absolute Gasteiger partial charge is 0.508 e. The average molecular weight is 238 g/mol. The van der Waals surface area contributed by atoms with Gasteiger partial charge in [-0.2, -0.15) is 0 Å². The van der Waals surface area contributed by atoms with Crippen molar-refractivity contribution in [3.63, 3.8) is 0 Å². The lowest BCUT2D eigenvalue weighted by Gasteiger charge is -2.21. The number of benzene rings is 2. The molecule has 0 atom stereocenters. The number of phenolic OH excluding ortho intramolecular Hbond substituents is 1. The number of rotatable bonds is 0. The predicted molar refractivity (Wildman–Crippen MR) is 70.3 cm³/mol. The lowest BCUT2D eigenvalue weighted by molar-refractivity contribution is 0.103. The maximum atomic E-state index is 12.5. The number of hydrogen-bond donors (Lipinski definition) is 1. The third-order valence-corrected chi connectivity index (χ3v) is 3.61. The minimum atomic E-state index is 0.0222. The molecule has 0 aliphatic heterocycles. The van der Waals surface area contributed by atoms with Gasteiger partial charge in [-0.05, 0) is 37.1 Å². The zero-order chi connectivity index (χ0) is 12.9. The lowest BCUT2D eigenvalue weighted by Crippen LogP contribution is -2.16. The molecule has 0 heterocycles. The minimum absolute atomic E-state index is 0.0222. The molecule has 2 aromatic rings. The van der Waals surface area contributed by atoms with Crippen LogP contribution < -0.4 is 0 Å². The molecule has 0 saturated carbocycles. The fourth-order valence-corrected chi connectivity index (χ4v) is 2.73. The molecule has 0 aromatic heterocycles. The van der Waals surface area contributed by atoms with Crippen LogP contribution >= 0.6 is 0 Å². The summed E-state index contributed by atoms with van der Waals surface area (Å²) in [6.07, 6.45) is 0.634. The van der Waals surface area contributed by atoms with Crippen molar-refractivity contribution in [3.05, 3.63) is 63.7 Å². The molecule has 90 valence electrons. The fourth-order valence-electron chi connectivity index (χ4n) is 2.73. The van der Waals surface area contributed by atoms with Crippen LogP contribution in [0.2, 0.25) is 0 Å². The van der Waals surface area contributed by atoms with Crippen molar-refractivity contribution in [2.24, 2.45) is 0 Å². The highest BCUT2D eigenvalue weighted by atomic mass is 16.3. The highest BCUT2D eigenvalue weighted by Crippen LogP contribution is 2.34. The van der Waals surface area contributed by atoms with Gasteiger partial charge in [-0.1, -0.05) is 23.8 Å². The van der Waals surface area contributed by atoms with E-state index >= 15 is 0 Å². The molecular weight excluding hydrogens is 224 g/mol. The Kier molecular flexibility index (Phi) is 2.27. The van der Waals surface area contributed by atoms with Crippen LogP contribution in [0.1, 0.15) is 38.2 Å². The van der Waals surface area contributed by atoms with Crippen LogP contribution in [-0.2, 0) is 6.42 Å². The summed E-state index contributed by atoms with van der Waals surface area (Å²) < 4.78 is 0. The molecule has 0 amide bonds. The Labute approximate surface area is 106 Å². The lowest BCUT2D eigenvalue weighted by atomic mass is 9.82. The number of carbonyl (C=O) groups excluding carboxylic acids is 1. The van der Waals surface area contributed by atoms with Crippen molar-refractivity contribution in [2.75, 3.05) is 0 Å². The van der Waals surface area contributed by atoms with Crippen molar-refractivity contribution in [3.8, 4) is 5.75 Å². The molecule has 2 nitrogen and oxygen atoms in total. The van der Waals surface area contributed by atoms with Crippen LogP contribution in [0.25, 0.3) is 0 Å². The summed E-state index contributed by atoms with van der Waals surface area (Å²) in [6, 6.07) is 9.17. The van der Waals surface area contributed by atoms with Crippen molar-refractivity contribution in [1.82, 2.24) is 0 Å². The topological polar surface area (TPSA) is 37.3 Å². The minimum Gasteiger partial charge on any atom is -0.508 e. The number of aryl methyl sites for hydroxylation is 2. The van der Waals surface area contributed by atoms with E-state index in [0.717, 1.165) is 27.8 Å². The van der Waals surface area contributed by atoms with Crippen molar-refractivity contribution >= 4 is 5.78 Å². The van der Waals surface area contributed by atoms with E-state index in [0.29, 0.717) is 12.0 Å². The number of phenols is 1. The van der Waals surface area contributed by atoms with E-state index in [1.807, 2.05) is 19.9 Å². The Bertz CT molecular complexity index is 669. The SMILES string of the molecule is Cc1cc(C)c2c(c1)C(=O)c1cccc(O)c1C2. The molecule has 0 saturated heterocycles. The van der Waals surface area contributed by atoms with Crippen LogP contribution in [0.4, 0.5) is 0 Å². The maximum absolute atomic E-state index is 12.5. The van der Waals surface area contributed by atoms with Gasteiger partial charge in [0.05, 0.1) is 0 Å². The summed E-state index contributed by atoms with van der Waals surface area (Å²) in [7, 11) is 0. The second-order valence-corrected chi connectivity index (χ2v) is 4.92. The second kappa shape index (κ2) is 3.70. The second-order valence-electron chi connectivity index (χ2n) is 4.92. The molecule has 1 aliphatic carbocycles. The van der Waals surface area contributed by atoms with Gasteiger partial charge in [0.25, 0.3) is 0 Å². The Hall–Kier alpha value is -2.09. The number of ketones is 1. The van der Waals surface area contributed by atoms with Gasteiger partial charge in [0, 0.05) is 23.1 Å². The summed E-state index contributed by atoms with van der Waals surface area (Å²) in [5.41, 5.74) is 5.43. The molecule has 2 aromatic carbocycles. The number of hydrogen-bond acceptors (Lipinski definition) is 2. The summed E-state index contributed by atoms with van der Waals surface area (Å²) in [4.78, 5) is 12.5. The summed E-state index contributed by atoms with van der Waals surface area (Å²) >= 11 is 0. The summed E-state index contributed by atoms with van der Waals surface area (Å²) in [5, 5.41) is 9.89. The molecule has 0 unspecified atom stereocenters. The first kappa shape index (κ1) is 11.0. The highest BCUT2D eigenvalue weighted by Gasteiger charge is 2.26. The Morgan fingerprint density at radius 1 is 1.06 bits per heavy atom. The van der Waals surface area contributed by atoms with E-state index in [2.05, 4.69) is 6.07 Å². The van der Waals surface area contributed by atoms with Gasteiger partial charge in [-0.25, -0.2) is 0 Å². The molecule has 0 radical (unpaired) electrons. The van der Waals surface area contributed by atoms with E-state index in [1.165, 1.54) is 0 Å². The predicted octanol–water partition coefficient (Wildman–Crippen LogP) is 3.14. The van der Waals surface area contributed by atoms with E-state index in [-0.39, 0.29) is 11.5 Å². The summed E-state index contributed by atoms with van der Waals surface area (Å²) in [6.45, 7) is 4.02. The third kappa shape index (κ3) is 1.46. The maximum Gasteiger partial charge on any atom is 0.193 e. The van der Waals surface area contributed by atoms with Gasteiger partial charge in [-0.15, -0.1) is 0 Å². The van der Waals surface area contributed by atoms with Gasteiger partial charge in [0.1, 0.15) is 5.75 Å². The normalized spacial score (nSPS) is 13.1. The quantitative estimate of drug-likeness (QED) is 0.653. The van der Waals surface area contributed by atoms with E-state index in [4.69, 9.17) is 0 Å².